The highest BCUT2D eigenvalue weighted by atomic mass is 31.2. The van der Waals surface area contributed by atoms with Crippen LogP contribution in [0.5, 0.6) is 11.5 Å². The average molecular weight is 649 g/mol. The van der Waals surface area contributed by atoms with Gasteiger partial charge < -0.3 is 18.8 Å². The number of hydrogen-bond acceptors (Lipinski definition) is 5. The van der Waals surface area contributed by atoms with Gasteiger partial charge in [0.2, 0.25) is 0 Å². The van der Waals surface area contributed by atoms with E-state index in [1.165, 1.54) is 5.56 Å². The lowest BCUT2D eigenvalue weighted by Gasteiger charge is -2.37. The van der Waals surface area contributed by atoms with E-state index in [1.54, 1.807) is 0 Å². The Morgan fingerprint density at radius 1 is 0.591 bits per heavy atom. The van der Waals surface area contributed by atoms with Crippen molar-refractivity contribution in [2.24, 2.45) is 10.8 Å². The van der Waals surface area contributed by atoms with E-state index < -0.39 is 17.2 Å². The van der Waals surface area contributed by atoms with E-state index in [0.29, 0.717) is 11.5 Å². The van der Waals surface area contributed by atoms with Crippen LogP contribution in [-0.2, 0) is 26.0 Å². The molecule has 0 saturated carbocycles. The third kappa shape index (κ3) is 11.2. The summed E-state index contributed by atoms with van der Waals surface area (Å²) in [4.78, 5) is 20.2. The van der Waals surface area contributed by atoms with Crippen molar-refractivity contribution in [3.8, 4) is 11.5 Å². The van der Waals surface area contributed by atoms with E-state index >= 15 is 0 Å². The van der Waals surface area contributed by atoms with Crippen LogP contribution >= 0.6 is 17.2 Å². The molecule has 2 aromatic carbocycles. The van der Waals surface area contributed by atoms with Gasteiger partial charge in [0.05, 0.1) is 0 Å². The summed E-state index contributed by atoms with van der Waals surface area (Å²) in [6, 6.07) is 10.7. The van der Waals surface area contributed by atoms with Crippen molar-refractivity contribution in [2.45, 2.75) is 152 Å². The number of benzene rings is 2. The maximum Gasteiger partial charge on any atom is 0.470 e. The topological polar surface area (TPSA) is 68.2 Å². The highest BCUT2D eigenvalue weighted by molar-refractivity contribution is 7.55. The van der Waals surface area contributed by atoms with Crippen molar-refractivity contribution in [1.82, 2.24) is 0 Å². The largest absolute Gasteiger partial charge is 0.470 e. The van der Waals surface area contributed by atoms with E-state index in [0.717, 1.165) is 35.1 Å². The normalized spacial score (nSPS) is 14.6. The molecule has 0 aliphatic carbocycles. The molecule has 44 heavy (non-hydrogen) atoms. The van der Waals surface area contributed by atoms with E-state index in [1.807, 2.05) is 6.07 Å². The molecule has 0 saturated heterocycles. The van der Waals surface area contributed by atoms with Crippen LogP contribution in [0.2, 0.25) is 0 Å². The summed E-state index contributed by atoms with van der Waals surface area (Å²) < 4.78 is 18.9. The molecular formula is C37H62O5P2. The Kier molecular flexibility index (Phi) is 11.9. The first-order chi connectivity index (χ1) is 19.5. The first-order valence-corrected chi connectivity index (χ1v) is 18.1. The Morgan fingerprint density at radius 2 is 1.05 bits per heavy atom. The molecule has 2 N–H and O–H groups in total. The molecule has 0 amide bonds. The fourth-order valence-electron chi connectivity index (χ4n) is 6.66. The molecule has 0 aliphatic heterocycles. The monoisotopic (exact) mass is 648 g/mol. The quantitative estimate of drug-likeness (QED) is 0.251. The summed E-state index contributed by atoms with van der Waals surface area (Å²) >= 11 is 0. The third-order valence-electron chi connectivity index (χ3n) is 7.76. The van der Waals surface area contributed by atoms with E-state index in [4.69, 9.17) is 13.4 Å². The standard InChI is InChI=1S/C37H62O5P2/c1-25-20-28(34(8,9)10)31(29(21-25)35(11,12)13)41-44(42-43(38)39)40-30-19-18-26(36(14,15)23-32(2,3)4)22-27(30)37(16,17)24-33(5,6)7/h18-22,38-39H,23-24H2,1-17H3. The van der Waals surface area contributed by atoms with Crippen molar-refractivity contribution in [3.63, 3.8) is 0 Å². The molecule has 2 rings (SSSR count). The van der Waals surface area contributed by atoms with E-state index in [2.05, 4.69) is 142 Å². The fourth-order valence-corrected chi connectivity index (χ4v) is 8.11. The minimum atomic E-state index is -2.74. The fraction of sp³-hybridized carbons (Fsp3) is 0.676. The van der Waals surface area contributed by atoms with E-state index in [-0.39, 0.29) is 32.5 Å². The van der Waals surface area contributed by atoms with Gasteiger partial charge in [0.15, 0.2) is 0 Å². The minimum Gasteiger partial charge on any atom is -0.417 e. The Bertz CT molecular complexity index is 1230. The van der Waals surface area contributed by atoms with Crippen LogP contribution in [0.1, 0.15) is 151 Å². The Balaban J connectivity index is 2.77. The maximum atomic E-state index is 10.1. The van der Waals surface area contributed by atoms with Gasteiger partial charge in [-0.2, -0.15) is 0 Å². The van der Waals surface area contributed by atoms with Crippen molar-refractivity contribution < 1.29 is 23.1 Å². The second-order valence-electron chi connectivity index (χ2n) is 18.4. The van der Waals surface area contributed by atoms with Crippen molar-refractivity contribution in [3.05, 3.63) is 58.1 Å². The molecule has 0 bridgehead atoms. The zero-order valence-electron chi connectivity index (χ0n) is 30.8. The van der Waals surface area contributed by atoms with Gasteiger partial charge in [0.25, 0.3) is 0 Å². The number of aryl methyl sites for hydroxylation is 1. The van der Waals surface area contributed by atoms with Gasteiger partial charge in [-0.1, -0.05) is 141 Å². The summed E-state index contributed by atoms with van der Waals surface area (Å²) in [6.07, 6.45) is 1.95. The predicted octanol–water partition coefficient (Wildman–Crippen LogP) is 11.9. The van der Waals surface area contributed by atoms with Crippen molar-refractivity contribution in [1.29, 1.82) is 0 Å². The summed E-state index contributed by atoms with van der Waals surface area (Å²) in [5.74, 6) is 1.32. The van der Waals surface area contributed by atoms with Crippen molar-refractivity contribution >= 4 is 17.2 Å². The molecule has 5 nitrogen and oxygen atoms in total. The van der Waals surface area contributed by atoms with Gasteiger partial charge in [0, 0.05) is 16.7 Å². The molecule has 0 fully saturated rings. The molecule has 250 valence electrons. The van der Waals surface area contributed by atoms with Crippen LogP contribution in [0.25, 0.3) is 0 Å². The van der Waals surface area contributed by atoms with Gasteiger partial charge in [-0.25, -0.2) is 4.31 Å². The molecule has 0 aliphatic rings. The minimum absolute atomic E-state index is 0.0588. The molecule has 2 aromatic rings. The molecule has 0 heterocycles. The van der Waals surface area contributed by atoms with Gasteiger partial charge >= 0.3 is 17.2 Å². The van der Waals surface area contributed by atoms with Gasteiger partial charge in [0.1, 0.15) is 11.5 Å². The molecular weight excluding hydrogens is 586 g/mol. The predicted molar refractivity (Wildman–Crippen MR) is 190 cm³/mol. The van der Waals surface area contributed by atoms with Gasteiger partial charge in [-0.05, 0) is 63.9 Å². The van der Waals surface area contributed by atoms with Gasteiger partial charge in [-0.15, -0.1) is 0 Å². The van der Waals surface area contributed by atoms with Crippen LogP contribution in [0.3, 0.4) is 0 Å². The number of rotatable bonds is 10. The highest BCUT2D eigenvalue weighted by Gasteiger charge is 2.36. The van der Waals surface area contributed by atoms with Crippen molar-refractivity contribution in [2.75, 3.05) is 0 Å². The molecule has 0 aromatic heterocycles. The lowest BCUT2D eigenvalue weighted by atomic mass is 9.68. The van der Waals surface area contributed by atoms with Crippen LogP contribution in [0.4, 0.5) is 0 Å². The average Bonchev–Trinajstić information content (AvgIpc) is 2.74. The maximum absolute atomic E-state index is 10.1. The van der Waals surface area contributed by atoms with Crippen LogP contribution in [0, 0.1) is 17.8 Å². The summed E-state index contributed by atoms with van der Waals surface area (Å²) in [5.41, 5.74) is 4.97. The SMILES string of the molecule is Cc1cc(C(C)(C)C)c(OP(Oc2ccc(C(C)(C)CC(C)(C)C)cc2C(C)(C)CC(C)(C)C)OP(O)O)c(C(C)(C)C)c1. The van der Waals surface area contributed by atoms with Gasteiger partial charge in [-0.3, -0.25) is 0 Å². The second kappa shape index (κ2) is 13.5. The molecule has 1 atom stereocenters. The van der Waals surface area contributed by atoms with Crippen LogP contribution < -0.4 is 9.05 Å². The Morgan fingerprint density at radius 3 is 1.45 bits per heavy atom. The molecule has 0 spiro atoms. The molecule has 0 radical (unpaired) electrons. The lowest BCUT2D eigenvalue weighted by Crippen LogP contribution is -2.28. The highest BCUT2D eigenvalue weighted by Crippen LogP contribution is 2.55. The first kappa shape index (κ1) is 39.0. The number of hydrogen-bond donors (Lipinski definition) is 2. The molecule has 7 heteroatoms. The zero-order chi connectivity index (χ0) is 34.3. The van der Waals surface area contributed by atoms with Crippen LogP contribution in [0.15, 0.2) is 30.3 Å². The Labute approximate surface area is 272 Å². The third-order valence-corrected chi connectivity index (χ3v) is 9.56. The summed E-state index contributed by atoms with van der Waals surface area (Å²) in [5, 5.41) is 0. The zero-order valence-corrected chi connectivity index (χ0v) is 32.6. The lowest BCUT2D eigenvalue weighted by molar-refractivity contribution is 0.275. The van der Waals surface area contributed by atoms with E-state index in [9.17, 15) is 9.79 Å². The Hall–Kier alpha value is -1.22. The summed E-state index contributed by atoms with van der Waals surface area (Å²) in [6.45, 7) is 37.7. The molecule has 1 unspecified atom stereocenters. The first-order valence-electron chi connectivity index (χ1n) is 15.8. The van der Waals surface area contributed by atoms with Crippen LogP contribution in [-0.4, -0.2) is 9.79 Å². The smallest absolute Gasteiger partial charge is 0.417 e. The second-order valence-corrected chi connectivity index (χ2v) is 20.4. The summed E-state index contributed by atoms with van der Waals surface area (Å²) in [7, 11) is -4.95.